The number of halogens is 3. The van der Waals surface area contributed by atoms with Gasteiger partial charge in [-0.05, 0) is 39.7 Å². The molecule has 0 atom stereocenters. The van der Waals surface area contributed by atoms with E-state index in [-0.39, 0.29) is 16.5 Å². The Morgan fingerprint density at radius 1 is 1.30 bits per heavy atom. The van der Waals surface area contributed by atoms with Crippen molar-refractivity contribution in [3.05, 3.63) is 61.6 Å². The van der Waals surface area contributed by atoms with Crippen LogP contribution in [0.25, 0.3) is 0 Å². The second-order valence-electron chi connectivity index (χ2n) is 3.85. The first-order valence-corrected chi connectivity index (χ1v) is 7.18. The zero-order chi connectivity index (χ0) is 14.7. The van der Waals surface area contributed by atoms with Gasteiger partial charge in [-0.3, -0.25) is 10.1 Å². The Bertz CT molecular complexity index is 664. The summed E-state index contributed by atoms with van der Waals surface area (Å²) in [6.07, 6.45) is 0. The standard InChI is InChI=1S/C13H8BrCl2NO3/c14-9-6-8(7-15)4-5-12(9)20-13-10(16)2-1-3-11(13)17(18)19/h1-6H,7H2. The van der Waals surface area contributed by atoms with Crippen LogP contribution in [0.15, 0.2) is 40.9 Å². The van der Waals surface area contributed by atoms with E-state index in [2.05, 4.69) is 15.9 Å². The van der Waals surface area contributed by atoms with Crippen LogP contribution in [0.3, 0.4) is 0 Å². The maximum atomic E-state index is 11.0. The molecule has 4 nitrogen and oxygen atoms in total. The molecule has 0 amide bonds. The topological polar surface area (TPSA) is 52.4 Å². The molecule has 0 saturated carbocycles. The van der Waals surface area contributed by atoms with Crippen molar-refractivity contribution >= 4 is 44.8 Å². The molecule has 0 bridgehead atoms. The molecule has 0 radical (unpaired) electrons. The van der Waals surface area contributed by atoms with Crippen molar-refractivity contribution in [1.29, 1.82) is 0 Å². The highest BCUT2D eigenvalue weighted by Gasteiger charge is 2.19. The molecule has 104 valence electrons. The second kappa shape index (κ2) is 6.43. The van der Waals surface area contributed by atoms with Crippen LogP contribution >= 0.6 is 39.1 Å². The summed E-state index contributed by atoms with van der Waals surface area (Å²) in [6.45, 7) is 0. The SMILES string of the molecule is O=[N+]([O-])c1cccc(Cl)c1Oc1ccc(CCl)cc1Br. The molecule has 0 unspecified atom stereocenters. The Morgan fingerprint density at radius 2 is 2.05 bits per heavy atom. The van der Waals surface area contributed by atoms with Gasteiger partial charge in [0.05, 0.1) is 14.4 Å². The summed E-state index contributed by atoms with van der Waals surface area (Å²) < 4.78 is 6.21. The number of nitro groups is 1. The Kier molecular flexibility index (Phi) is 4.86. The molecule has 0 aromatic heterocycles. The Hall–Kier alpha value is -1.30. The van der Waals surface area contributed by atoms with E-state index in [0.29, 0.717) is 16.1 Å². The van der Waals surface area contributed by atoms with Gasteiger partial charge >= 0.3 is 5.69 Å². The minimum atomic E-state index is -0.539. The smallest absolute Gasteiger partial charge is 0.313 e. The normalized spacial score (nSPS) is 10.3. The highest BCUT2D eigenvalue weighted by atomic mass is 79.9. The molecular weight excluding hydrogens is 369 g/mol. The van der Waals surface area contributed by atoms with Crippen LogP contribution in [0, 0.1) is 10.1 Å². The summed E-state index contributed by atoms with van der Waals surface area (Å²) in [5.41, 5.74) is 0.713. The third kappa shape index (κ3) is 3.23. The van der Waals surface area contributed by atoms with E-state index >= 15 is 0 Å². The quantitative estimate of drug-likeness (QED) is 0.399. The first kappa shape index (κ1) is 15.1. The van der Waals surface area contributed by atoms with E-state index in [1.165, 1.54) is 18.2 Å². The van der Waals surface area contributed by atoms with Crippen LogP contribution in [0.1, 0.15) is 5.56 Å². The number of rotatable bonds is 4. The second-order valence-corrected chi connectivity index (χ2v) is 5.37. The lowest BCUT2D eigenvalue weighted by Crippen LogP contribution is -1.95. The van der Waals surface area contributed by atoms with Gasteiger partial charge in [-0.25, -0.2) is 0 Å². The van der Waals surface area contributed by atoms with Gasteiger partial charge in [-0.1, -0.05) is 23.7 Å². The lowest BCUT2D eigenvalue weighted by Gasteiger charge is -2.10. The highest BCUT2D eigenvalue weighted by molar-refractivity contribution is 9.10. The van der Waals surface area contributed by atoms with Gasteiger partial charge in [0.25, 0.3) is 0 Å². The fourth-order valence-corrected chi connectivity index (χ4v) is 2.44. The molecule has 0 heterocycles. The van der Waals surface area contributed by atoms with Crippen LogP contribution in [0.4, 0.5) is 5.69 Å². The van der Waals surface area contributed by atoms with Gasteiger partial charge in [0.15, 0.2) is 0 Å². The molecule has 0 aliphatic heterocycles. The third-order valence-corrected chi connectivity index (χ3v) is 3.73. The van der Waals surface area contributed by atoms with Gasteiger partial charge in [-0.15, -0.1) is 11.6 Å². The summed E-state index contributed by atoms with van der Waals surface area (Å²) in [4.78, 5) is 10.4. The van der Waals surface area contributed by atoms with Crippen molar-refractivity contribution in [2.45, 2.75) is 5.88 Å². The molecular formula is C13H8BrCl2NO3. The summed E-state index contributed by atoms with van der Waals surface area (Å²) in [5.74, 6) is 0.805. The predicted molar refractivity (Wildman–Crippen MR) is 81.9 cm³/mol. The van der Waals surface area contributed by atoms with Crippen molar-refractivity contribution in [2.24, 2.45) is 0 Å². The Morgan fingerprint density at radius 3 is 2.65 bits per heavy atom. The molecule has 0 fully saturated rings. The minimum Gasteiger partial charge on any atom is -0.447 e. The lowest BCUT2D eigenvalue weighted by molar-refractivity contribution is -0.385. The molecule has 0 aliphatic rings. The van der Waals surface area contributed by atoms with E-state index < -0.39 is 4.92 Å². The molecule has 2 aromatic rings. The molecule has 7 heteroatoms. The van der Waals surface area contributed by atoms with E-state index in [1.54, 1.807) is 18.2 Å². The van der Waals surface area contributed by atoms with Crippen molar-refractivity contribution in [3.8, 4) is 11.5 Å². The number of nitro benzene ring substituents is 1. The summed E-state index contributed by atoms with van der Waals surface area (Å²) in [7, 11) is 0. The average molecular weight is 377 g/mol. The van der Waals surface area contributed by atoms with E-state index in [1.807, 2.05) is 0 Å². The lowest BCUT2D eigenvalue weighted by atomic mass is 10.2. The van der Waals surface area contributed by atoms with Crippen LogP contribution in [0.5, 0.6) is 11.5 Å². The van der Waals surface area contributed by atoms with Crippen molar-refractivity contribution in [2.75, 3.05) is 0 Å². The molecule has 0 N–H and O–H groups in total. The van der Waals surface area contributed by atoms with Crippen LogP contribution in [-0.4, -0.2) is 4.92 Å². The average Bonchev–Trinajstić information content (AvgIpc) is 2.42. The number of hydrogen-bond donors (Lipinski definition) is 0. The van der Waals surface area contributed by atoms with Crippen molar-refractivity contribution in [1.82, 2.24) is 0 Å². The van der Waals surface area contributed by atoms with Crippen LogP contribution in [-0.2, 0) is 5.88 Å². The first-order valence-electron chi connectivity index (χ1n) is 5.48. The van der Waals surface area contributed by atoms with Crippen LogP contribution < -0.4 is 4.74 Å². The van der Waals surface area contributed by atoms with E-state index in [4.69, 9.17) is 27.9 Å². The van der Waals surface area contributed by atoms with Gasteiger partial charge in [0.2, 0.25) is 5.75 Å². The van der Waals surface area contributed by atoms with Gasteiger partial charge < -0.3 is 4.74 Å². The maximum Gasteiger partial charge on any atom is 0.313 e. The minimum absolute atomic E-state index is 0.0125. The first-order chi connectivity index (χ1) is 9.52. The maximum absolute atomic E-state index is 11.0. The summed E-state index contributed by atoms with van der Waals surface area (Å²) in [5, 5.41) is 11.2. The molecule has 0 spiro atoms. The van der Waals surface area contributed by atoms with Gasteiger partial charge in [0, 0.05) is 11.9 Å². The highest BCUT2D eigenvalue weighted by Crippen LogP contribution is 2.40. The van der Waals surface area contributed by atoms with Gasteiger partial charge in [-0.2, -0.15) is 0 Å². The number of hydrogen-bond acceptors (Lipinski definition) is 3. The monoisotopic (exact) mass is 375 g/mol. The fourth-order valence-electron chi connectivity index (χ4n) is 1.56. The third-order valence-electron chi connectivity index (χ3n) is 2.51. The summed E-state index contributed by atoms with van der Waals surface area (Å²) >= 11 is 15.0. The Labute approximate surface area is 133 Å². The zero-order valence-corrected chi connectivity index (χ0v) is 13.1. The fraction of sp³-hybridized carbons (Fsp3) is 0.0769. The summed E-state index contributed by atoms with van der Waals surface area (Å²) in [6, 6.07) is 9.60. The van der Waals surface area contributed by atoms with Crippen molar-refractivity contribution in [3.63, 3.8) is 0 Å². The van der Waals surface area contributed by atoms with E-state index in [0.717, 1.165) is 5.56 Å². The number of para-hydroxylation sites is 1. The Balaban J connectivity index is 2.42. The molecule has 20 heavy (non-hydrogen) atoms. The number of ether oxygens (including phenoxy) is 1. The number of benzene rings is 2. The predicted octanol–water partition coefficient (Wildman–Crippen LogP) is 5.54. The molecule has 0 saturated heterocycles. The van der Waals surface area contributed by atoms with Crippen LogP contribution in [0.2, 0.25) is 5.02 Å². The number of nitrogens with zero attached hydrogens (tertiary/aromatic N) is 1. The molecule has 2 aromatic carbocycles. The van der Waals surface area contributed by atoms with Gasteiger partial charge in [0.1, 0.15) is 5.75 Å². The largest absolute Gasteiger partial charge is 0.447 e. The van der Waals surface area contributed by atoms with Crippen molar-refractivity contribution < 1.29 is 9.66 Å². The zero-order valence-electron chi connectivity index (χ0n) is 9.98. The molecule has 2 rings (SSSR count). The van der Waals surface area contributed by atoms with E-state index in [9.17, 15) is 10.1 Å². The molecule has 0 aliphatic carbocycles. The number of alkyl halides is 1.